The average molecular weight is 330 g/mol. The van der Waals surface area contributed by atoms with Gasteiger partial charge in [0.25, 0.3) is 0 Å². The highest BCUT2D eigenvalue weighted by molar-refractivity contribution is 6.32. The van der Waals surface area contributed by atoms with Gasteiger partial charge in [-0.2, -0.15) is 0 Å². The number of hydrogen-bond acceptors (Lipinski definition) is 2. The zero-order valence-corrected chi connectivity index (χ0v) is 13.5. The van der Waals surface area contributed by atoms with E-state index >= 15 is 0 Å². The van der Waals surface area contributed by atoms with Gasteiger partial charge < -0.3 is 10.1 Å². The molecule has 0 radical (unpaired) electrons. The number of hydrogen-bond donors (Lipinski definition) is 1. The van der Waals surface area contributed by atoms with Crippen LogP contribution in [0.4, 0.5) is 10.1 Å². The van der Waals surface area contributed by atoms with Crippen molar-refractivity contribution in [3.05, 3.63) is 70.5 Å². The molecule has 4 rings (SSSR count). The molecule has 3 atom stereocenters. The Morgan fingerprint density at radius 1 is 1.17 bits per heavy atom. The predicted octanol–water partition coefficient (Wildman–Crippen LogP) is 5.31. The molecule has 1 heterocycles. The molecule has 0 saturated heterocycles. The van der Waals surface area contributed by atoms with Gasteiger partial charge in [-0.25, -0.2) is 4.39 Å². The normalized spacial score (nSPS) is 24.7. The monoisotopic (exact) mass is 329 g/mol. The van der Waals surface area contributed by atoms with E-state index in [1.165, 1.54) is 12.1 Å². The Morgan fingerprint density at radius 2 is 1.96 bits per heavy atom. The molecule has 0 bridgehead atoms. The van der Waals surface area contributed by atoms with Gasteiger partial charge in [0.1, 0.15) is 11.6 Å². The fraction of sp³-hybridized carbons (Fsp3) is 0.263. The topological polar surface area (TPSA) is 21.3 Å². The largest absolute Gasteiger partial charge is 0.495 e. The lowest BCUT2D eigenvalue weighted by atomic mass is 9.77. The minimum absolute atomic E-state index is 0.107. The number of benzene rings is 2. The summed E-state index contributed by atoms with van der Waals surface area (Å²) in [6, 6.07) is 10.6. The third-order valence-electron chi connectivity index (χ3n) is 4.88. The Hall–Kier alpha value is -2.00. The molecule has 0 aromatic heterocycles. The lowest BCUT2D eigenvalue weighted by molar-refractivity contribution is 0.397. The highest BCUT2D eigenvalue weighted by Gasteiger charge is 2.40. The molecule has 1 aliphatic heterocycles. The van der Waals surface area contributed by atoms with Crippen molar-refractivity contribution in [1.82, 2.24) is 0 Å². The van der Waals surface area contributed by atoms with Gasteiger partial charge in [0, 0.05) is 16.5 Å². The molecular weight excluding hydrogens is 313 g/mol. The van der Waals surface area contributed by atoms with Crippen LogP contribution in [-0.2, 0) is 0 Å². The summed E-state index contributed by atoms with van der Waals surface area (Å²) in [4.78, 5) is 0. The highest BCUT2D eigenvalue weighted by atomic mass is 35.5. The second kappa shape index (κ2) is 5.57. The lowest BCUT2D eigenvalue weighted by Gasteiger charge is -2.38. The van der Waals surface area contributed by atoms with Crippen LogP contribution in [-0.4, -0.2) is 7.11 Å². The van der Waals surface area contributed by atoms with E-state index in [2.05, 4.69) is 17.5 Å². The molecule has 2 nitrogen and oxygen atoms in total. The number of anilines is 1. The summed E-state index contributed by atoms with van der Waals surface area (Å²) in [7, 11) is 1.66. The number of methoxy groups -OCH3 is 1. The van der Waals surface area contributed by atoms with Crippen LogP contribution in [0.1, 0.15) is 29.5 Å². The SMILES string of the molecule is COc1ccc(Cl)c2c1NC(c1ccc(F)cc1)C1CC=CC21. The van der Waals surface area contributed by atoms with Gasteiger partial charge in [0.2, 0.25) is 0 Å². The minimum Gasteiger partial charge on any atom is -0.495 e. The Morgan fingerprint density at radius 3 is 2.70 bits per heavy atom. The standard InChI is InChI=1S/C19H17ClFNO/c1-23-16-10-9-15(20)17-13-3-2-4-14(13)18(22-19(16)17)11-5-7-12(21)8-6-11/h2-3,5-10,13-14,18,22H,4H2,1H3. The first kappa shape index (κ1) is 14.6. The van der Waals surface area contributed by atoms with Crippen LogP contribution in [0.2, 0.25) is 5.02 Å². The number of fused-ring (bicyclic) bond motifs is 3. The third kappa shape index (κ3) is 2.31. The van der Waals surface area contributed by atoms with E-state index in [-0.39, 0.29) is 17.8 Å². The van der Waals surface area contributed by atoms with Crippen LogP contribution in [0.5, 0.6) is 5.75 Å². The third-order valence-corrected chi connectivity index (χ3v) is 5.21. The van der Waals surface area contributed by atoms with Crippen LogP contribution in [0.3, 0.4) is 0 Å². The molecule has 0 fully saturated rings. The van der Waals surface area contributed by atoms with Crippen molar-refractivity contribution >= 4 is 17.3 Å². The fourth-order valence-electron chi connectivity index (χ4n) is 3.81. The Balaban J connectivity index is 1.84. The van der Waals surface area contributed by atoms with Gasteiger partial charge in [-0.05, 0) is 42.2 Å². The summed E-state index contributed by atoms with van der Waals surface area (Å²) < 4.78 is 18.8. The first-order valence-electron chi connectivity index (χ1n) is 7.74. The molecule has 4 heteroatoms. The van der Waals surface area contributed by atoms with E-state index in [1.54, 1.807) is 7.11 Å². The van der Waals surface area contributed by atoms with E-state index in [4.69, 9.17) is 16.3 Å². The number of halogens is 2. The average Bonchev–Trinajstić information content (AvgIpc) is 3.04. The van der Waals surface area contributed by atoms with Gasteiger partial charge >= 0.3 is 0 Å². The van der Waals surface area contributed by atoms with Gasteiger partial charge in [-0.1, -0.05) is 35.9 Å². The van der Waals surface area contributed by atoms with E-state index in [9.17, 15) is 4.39 Å². The van der Waals surface area contributed by atoms with Crippen LogP contribution >= 0.6 is 11.6 Å². The van der Waals surface area contributed by atoms with Gasteiger partial charge in [0.15, 0.2) is 0 Å². The Bertz CT molecular complexity index is 772. The molecule has 0 amide bonds. The fourth-order valence-corrected chi connectivity index (χ4v) is 4.09. The summed E-state index contributed by atoms with van der Waals surface area (Å²) in [5.74, 6) is 1.20. The van der Waals surface area contributed by atoms with E-state index in [0.29, 0.717) is 5.92 Å². The van der Waals surface area contributed by atoms with E-state index < -0.39 is 0 Å². The molecular formula is C19H17ClFNO. The van der Waals surface area contributed by atoms with Crippen molar-refractivity contribution in [1.29, 1.82) is 0 Å². The maximum Gasteiger partial charge on any atom is 0.142 e. The molecule has 0 saturated carbocycles. The zero-order valence-electron chi connectivity index (χ0n) is 12.7. The Labute approximate surface area is 139 Å². The maximum absolute atomic E-state index is 13.3. The second-order valence-electron chi connectivity index (χ2n) is 6.07. The van der Waals surface area contributed by atoms with Gasteiger partial charge in [-0.15, -0.1) is 0 Å². The van der Waals surface area contributed by atoms with Gasteiger partial charge in [0.05, 0.1) is 18.8 Å². The summed E-state index contributed by atoms with van der Waals surface area (Å²) in [6.45, 7) is 0. The summed E-state index contributed by atoms with van der Waals surface area (Å²) in [6.07, 6.45) is 5.41. The van der Waals surface area contributed by atoms with E-state index in [0.717, 1.165) is 34.0 Å². The minimum atomic E-state index is -0.216. The lowest BCUT2D eigenvalue weighted by Crippen LogP contribution is -2.29. The molecule has 2 aromatic carbocycles. The molecule has 2 aromatic rings. The molecule has 3 unspecified atom stereocenters. The molecule has 1 N–H and O–H groups in total. The van der Waals surface area contributed by atoms with Crippen molar-refractivity contribution in [2.24, 2.45) is 5.92 Å². The molecule has 2 aliphatic rings. The predicted molar refractivity (Wildman–Crippen MR) is 90.8 cm³/mol. The number of rotatable bonds is 2. The summed E-state index contributed by atoms with van der Waals surface area (Å²) >= 11 is 6.47. The number of ether oxygens (including phenoxy) is 1. The smallest absolute Gasteiger partial charge is 0.142 e. The van der Waals surface area contributed by atoms with Crippen LogP contribution in [0.25, 0.3) is 0 Å². The van der Waals surface area contributed by atoms with Crippen molar-refractivity contribution < 1.29 is 9.13 Å². The van der Waals surface area contributed by atoms with Crippen LogP contribution < -0.4 is 10.1 Å². The van der Waals surface area contributed by atoms with Crippen LogP contribution in [0.15, 0.2) is 48.6 Å². The zero-order chi connectivity index (χ0) is 16.0. The number of allylic oxidation sites excluding steroid dienone is 2. The first-order valence-corrected chi connectivity index (χ1v) is 8.12. The van der Waals surface area contributed by atoms with E-state index in [1.807, 2.05) is 24.3 Å². The Kier molecular flexibility index (Phi) is 3.53. The molecule has 23 heavy (non-hydrogen) atoms. The van der Waals surface area contributed by atoms with Crippen molar-refractivity contribution in [3.63, 3.8) is 0 Å². The molecule has 0 spiro atoms. The van der Waals surface area contributed by atoms with Crippen molar-refractivity contribution in [2.45, 2.75) is 18.4 Å². The number of nitrogens with one attached hydrogen (secondary N) is 1. The molecule has 1 aliphatic carbocycles. The summed E-state index contributed by atoms with van der Waals surface area (Å²) in [5.41, 5.74) is 3.13. The molecule has 118 valence electrons. The van der Waals surface area contributed by atoms with Crippen molar-refractivity contribution in [2.75, 3.05) is 12.4 Å². The van der Waals surface area contributed by atoms with Crippen molar-refractivity contribution in [3.8, 4) is 5.75 Å². The highest BCUT2D eigenvalue weighted by Crippen LogP contribution is 2.54. The quantitative estimate of drug-likeness (QED) is 0.753. The van der Waals surface area contributed by atoms with Gasteiger partial charge in [-0.3, -0.25) is 0 Å². The summed E-state index contributed by atoms with van der Waals surface area (Å²) in [5, 5.41) is 4.35. The second-order valence-corrected chi connectivity index (χ2v) is 6.47. The van der Waals surface area contributed by atoms with Crippen LogP contribution in [0, 0.1) is 11.7 Å². The first-order chi connectivity index (χ1) is 11.2. The maximum atomic E-state index is 13.3.